The van der Waals surface area contributed by atoms with Crippen LogP contribution in [-0.2, 0) is 11.2 Å². The Hall–Kier alpha value is -0.350. The van der Waals surface area contributed by atoms with Gasteiger partial charge in [0.2, 0.25) is 0 Å². The average Bonchev–Trinajstić information content (AvgIpc) is 2.40. The highest BCUT2D eigenvalue weighted by molar-refractivity contribution is 9.10. The first-order valence-electron chi connectivity index (χ1n) is 4.48. The fourth-order valence-corrected chi connectivity index (χ4v) is 3.05. The molecule has 1 aromatic heterocycles. The molecule has 1 rings (SSSR count). The van der Waals surface area contributed by atoms with E-state index in [2.05, 4.69) is 28.9 Å². The monoisotopic (exact) mass is 276 g/mol. The van der Waals surface area contributed by atoms with Crippen LogP contribution < -0.4 is 0 Å². The van der Waals surface area contributed by atoms with Gasteiger partial charge in [0.05, 0.1) is 5.92 Å². The summed E-state index contributed by atoms with van der Waals surface area (Å²) in [6.45, 7) is 3.80. The average molecular weight is 277 g/mol. The number of rotatable bonds is 4. The van der Waals surface area contributed by atoms with Crippen molar-refractivity contribution in [1.29, 1.82) is 0 Å². The summed E-state index contributed by atoms with van der Waals surface area (Å²) in [6, 6.07) is 2.07. The van der Waals surface area contributed by atoms with E-state index in [1.165, 1.54) is 9.75 Å². The van der Waals surface area contributed by atoms with E-state index >= 15 is 0 Å². The number of hydrogen-bond donors (Lipinski definition) is 1. The summed E-state index contributed by atoms with van der Waals surface area (Å²) in [4.78, 5) is 13.1. The van der Waals surface area contributed by atoms with Gasteiger partial charge in [0.25, 0.3) is 0 Å². The number of aliphatic carboxylic acids is 1. The standard InChI is InChI=1S/C10H13BrO2S/c1-6(10(12)13)3-4-9-8(11)5-7(2)14-9/h5-6H,3-4H2,1-2H3,(H,12,13). The zero-order valence-corrected chi connectivity index (χ0v) is 10.6. The third-order valence-electron chi connectivity index (χ3n) is 2.11. The van der Waals surface area contributed by atoms with Gasteiger partial charge < -0.3 is 5.11 Å². The molecule has 0 aliphatic heterocycles. The molecule has 0 fully saturated rings. The topological polar surface area (TPSA) is 37.3 Å². The molecule has 1 unspecified atom stereocenters. The number of thiophene rings is 1. The number of carboxylic acid groups (broad SMARTS) is 1. The van der Waals surface area contributed by atoms with E-state index < -0.39 is 5.97 Å². The van der Waals surface area contributed by atoms with Crippen LogP contribution in [0.15, 0.2) is 10.5 Å². The van der Waals surface area contributed by atoms with Crippen LogP contribution in [0.1, 0.15) is 23.1 Å². The number of halogens is 1. The fraction of sp³-hybridized carbons (Fsp3) is 0.500. The number of hydrogen-bond acceptors (Lipinski definition) is 2. The lowest BCUT2D eigenvalue weighted by Crippen LogP contribution is -2.09. The quantitative estimate of drug-likeness (QED) is 0.915. The Morgan fingerprint density at radius 3 is 2.79 bits per heavy atom. The third-order valence-corrected chi connectivity index (χ3v) is 4.19. The molecule has 0 saturated carbocycles. The Morgan fingerprint density at radius 2 is 2.36 bits per heavy atom. The number of carbonyl (C=O) groups is 1. The highest BCUT2D eigenvalue weighted by atomic mass is 79.9. The Balaban J connectivity index is 2.53. The van der Waals surface area contributed by atoms with Gasteiger partial charge in [0, 0.05) is 14.2 Å². The Morgan fingerprint density at radius 1 is 1.71 bits per heavy atom. The second-order valence-corrected chi connectivity index (χ2v) is 5.60. The van der Waals surface area contributed by atoms with E-state index in [-0.39, 0.29) is 5.92 Å². The maximum Gasteiger partial charge on any atom is 0.306 e. The second kappa shape index (κ2) is 4.94. The molecule has 4 heteroatoms. The minimum atomic E-state index is -0.714. The Kier molecular flexibility index (Phi) is 4.13. The van der Waals surface area contributed by atoms with Gasteiger partial charge in [-0.25, -0.2) is 0 Å². The van der Waals surface area contributed by atoms with E-state index in [0.717, 1.165) is 10.9 Å². The molecule has 1 aromatic rings. The number of aryl methyl sites for hydroxylation is 2. The van der Waals surface area contributed by atoms with E-state index in [9.17, 15) is 4.79 Å². The van der Waals surface area contributed by atoms with Crippen LogP contribution in [0.25, 0.3) is 0 Å². The normalized spacial score (nSPS) is 12.8. The largest absolute Gasteiger partial charge is 0.481 e. The van der Waals surface area contributed by atoms with Crippen molar-refractivity contribution in [3.05, 3.63) is 20.3 Å². The van der Waals surface area contributed by atoms with Crippen molar-refractivity contribution in [3.8, 4) is 0 Å². The molecular weight excluding hydrogens is 264 g/mol. The summed E-state index contributed by atoms with van der Waals surface area (Å²) in [5.74, 6) is -0.973. The van der Waals surface area contributed by atoms with E-state index in [1.54, 1.807) is 18.3 Å². The molecule has 2 nitrogen and oxygen atoms in total. The molecule has 0 bridgehead atoms. The third kappa shape index (κ3) is 3.10. The molecule has 0 spiro atoms. The maximum absolute atomic E-state index is 10.6. The smallest absolute Gasteiger partial charge is 0.306 e. The molecule has 0 amide bonds. The van der Waals surface area contributed by atoms with Crippen molar-refractivity contribution in [2.45, 2.75) is 26.7 Å². The summed E-state index contributed by atoms with van der Waals surface area (Å²) in [6.07, 6.45) is 1.54. The zero-order valence-electron chi connectivity index (χ0n) is 8.21. The summed E-state index contributed by atoms with van der Waals surface area (Å²) in [5.41, 5.74) is 0. The van der Waals surface area contributed by atoms with Crippen molar-refractivity contribution in [2.24, 2.45) is 5.92 Å². The first-order chi connectivity index (χ1) is 6.50. The fourth-order valence-electron chi connectivity index (χ4n) is 1.17. The Labute approximate surface area is 96.1 Å². The summed E-state index contributed by atoms with van der Waals surface area (Å²) < 4.78 is 1.11. The predicted octanol–water partition coefficient (Wildman–Crippen LogP) is 3.47. The van der Waals surface area contributed by atoms with Gasteiger partial charge in [0.1, 0.15) is 0 Å². The molecule has 1 N–H and O–H groups in total. The highest BCUT2D eigenvalue weighted by Crippen LogP contribution is 2.28. The van der Waals surface area contributed by atoms with Crippen molar-refractivity contribution in [2.75, 3.05) is 0 Å². The second-order valence-electron chi connectivity index (χ2n) is 3.41. The minimum Gasteiger partial charge on any atom is -0.481 e. The van der Waals surface area contributed by atoms with Crippen molar-refractivity contribution in [3.63, 3.8) is 0 Å². The molecule has 1 heterocycles. The van der Waals surface area contributed by atoms with E-state index in [1.807, 2.05) is 0 Å². The number of carboxylic acids is 1. The highest BCUT2D eigenvalue weighted by Gasteiger charge is 2.12. The minimum absolute atomic E-state index is 0.260. The van der Waals surface area contributed by atoms with Gasteiger partial charge in [0.15, 0.2) is 0 Å². The van der Waals surface area contributed by atoms with Crippen LogP contribution in [0.3, 0.4) is 0 Å². The summed E-state index contributed by atoms with van der Waals surface area (Å²) >= 11 is 5.20. The van der Waals surface area contributed by atoms with E-state index in [4.69, 9.17) is 5.11 Å². The molecule has 78 valence electrons. The van der Waals surface area contributed by atoms with Crippen LogP contribution in [-0.4, -0.2) is 11.1 Å². The molecule has 0 aromatic carbocycles. The van der Waals surface area contributed by atoms with Crippen LogP contribution in [0.2, 0.25) is 0 Å². The SMILES string of the molecule is Cc1cc(Br)c(CCC(C)C(=O)O)s1. The van der Waals surface area contributed by atoms with E-state index in [0.29, 0.717) is 6.42 Å². The first-order valence-corrected chi connectivity index (χ1v) is 6.09. The van der Waals surface area contributed by atoms with Crippen LogP contribution in [0.4, 0.5) is 0 Å². The van der Waals surface area contributed by atoms with Crippen molar-refractivity contribution >= 4 is 33.2 Å². The van der Waals surface area contributed by atoms with Crippen LogP contribution in [0, 0.1) is 12.8 Å². The zero-order chi connectivity index (χ0) is 10.7. The molecule has 0 aliphatic carbocycles. The van der Waals surface area contributed by atoms with Gasteiger partial charge in [-0.2, -0.15) is 0 Å². The lowest BCUT2D eigenvalue weighted by atomic mass is 10.1. The van der Waals surface area contributed by atoms with Crippen molar-refractivity contribution in [1.82, 2.24) is 0 Å². The van der Waals surface area contributed by atoms with Gasteiger partial charge in [-0.1, -0.05) is 6.92 Å². The van der Waals surface area contributed by atoms with Gasteiger partial charge in [-0.3, -0.25) is 4.79 Å². The van der Waals surface area contributed by atoms with Gasteiger partial charge >= 0.3 is 5.97 Å². The molecule has 0 aliphatic rings. The van der Waals surface area contributed by atoms with Crippen molar-refractivity contribution < 1.29 is 9.90 Å². The summed E-state index contributed by atoms with van der Waals surface area (Å²) in [5, 5.41) is 8.73. The predicted molar refractivity (Wildman–Crippen MR) is 61.9 cm³/mol. The molecule has 0 saturated heterocycles. The van der Waals surface area contributed by atoms with Gasteiger partial charge in [-0.15, -0.1) is 11.3 Å². The van der Waals surface area contributed by atoms with Crippen LogP contribution in [0.5, 0.6) is 0 Å². The lowest BCUT2D eigenvalue weighted by Gasteiger charge is -2.04. The molecular formula is C10H13BrO2S. The Bertz CT molecular complexity index is 333. The van der Waals surface area contributed by atoms with Gasteiger partial charge in [-0.05, 0) is 41.8 Å². The maximum atomic E-state index is 10.6. The first kappa shape index (κ1) is 11.7. The molecule has 0 radical (unpaired) electrons. The summed E-state index contributed by atoms with van der Waals surface area (Å²) in [7, 11) is 0. The molecule has 1 atom stereocenters. The lowest BCUT2D eigenvalue weighted by molar-refractivity contribution is -0.141. The van der Waals surface area contributed by atoms with Crippen LogP contribution >= 0.6 is 27.3 Å². The molecule has 14 heavy (non-hydrogen) atoms.